The molecule has 1 aliphatic heterocycles. The first-order chi connectivity index (χ1) is 13.1. The number of nitrogens with zero attached hydrogens (tertiary/aromatic N) is 4. The van der Waals surface area contributed by atoms with Crippen molar-refractivity contribution in [3.05, 3.63) is 52.1 Å². The van der Waals surface area contributed by atoms with Gasteiger partial charge in [-0.3, -0.25) is 0 Å². The number of aromatic nitrogens is 3. The van der Waals surface area contributed by atoms with Crippen LogP contribution in [-0.4, -0.2) is 35.2 Å². The van der Waals surface area contributed by atoms with Gasteiger partial charge in [0.25, 0.3) is 0 Å². The third-order valence-corrected chi connectivity index (χ3v) is 6.01. The summed E-state index contributed by atoms with van der Waals surface area (Å²) in [4.78, 5) is 16.4. The van der Waals surface area contributed by atoms with Crippen molar-refractivity contribution in [2.45, 2.75) is 32.6 Å². The fourth-order valence-corrected chi connectivity index (χ4v) is 4.62. The summed E-state index contributed by atoms with van der Waals surface area (Å²) >= 11 is 1.76. The minimum absolute atomic E-state index is 0.501. The average molecular weight is 381 g/mol. The summed E-state index contributed by atoms with van der Waals surface area (Å²) in [6, 6.07) is 10.1. The molecule has 1 fully saturated rings. The van der Waals surface area contributed by atoms with E-state index < -0.39 is 0 Å². The second-order valence-corrected chi connectivity index (χ2v) is 7.87. The fourth-order valence-electron chi connectivity index (χ4n) is 3.63. The predicted octanol–water partition coefficient (Wildman–Crippen LogP) is 4.61. The summed E-state index contributed by atoms with van der Waals surface area (Å²) in [5.74, 6) is 2.23. The maximum absolute atomic E-state index is 5.48. The number of thiazole rings is 1. The molecule has 0 unspecified atom stereocenters. The highest BCUT2D eigenvalue weighted by Crippen LogP contribution is 2.36. The Morgan fingerprint density at radius 3 is 2.44 bits per heavy atom. The molecule has 27 heavy (non-hydrogen) atoms. The van der Waals surface area contributed by atoms with Crippen LogP contribution < -0.4 is 9.64 Å². The zero-order valence-corrected chi connectivity index (χ0v) is 16.8. The molecular formula is C21H24N4OS. The lowest BCUT2D eigenvalue weighted by molar-refractivity contribution is 0.416. The average Bonchev–Trinajstić information content (AvgIpc) is 3.17. The summed E-state index contributed by atoms with van der Waals surface area (Å²) in [5.41, 5.74) is 4.12. The number of ether oxygens (including phenoxy) is 1. The van der Waals surface area contributed by atoms with Crippen molar-refractivity contribution in [2.75, 3.05) is 25.1 Å². The third-order valence-electron chi connectivity index (χ3n) is 5.00. The van der Waals surface area contributed by atoms with Gasteiger partial charge in [-0.2, -0.15) is 0 Å². The number of para-hydroxylation sites is 1. The highest BCUT2D eigenvalue weighted by Gasteiger charge is 2.25. The Morgan fingerprint density at radius 2 is 1.74 bits per heavy atom. The number of anilines is 1. The van der Waals surface area contributed by atoms with E-state index in [9.17, 15) is 0 Å². The van der Waals surface area contributed by atoms with E-state index in [1.165, 1.54) is 5.01 Å². The van der Waals surface area contributed by atoms with E-state index in [0.717, 1.165) is 60.3 Å². The van der Waals surface area contributed by atoms with Crippen LogP contribution in [0.3, 0.4) is 0 Å². The molecule has 3 heterocycles. The molecule has 0 bridgehead atoms. The summed E-state index contributed by atoms with van der Waals surface area (Å²) in [6.07, 6.45) is 2.16. The van der Waals surface area contributed by atoms with Crippen LogP contribution in [0.5, 0.6) is 5.75 Å². The van der Waals surface area contributed by atoms with Gasteiger partial charge in [0, 0.05) is 41.3 Å². The quantitative estimate of drug-likeness (QED) is 0.661. The Kier molecular flexibility index (Phi) is 5.07. The van der Waals surface area contributed by atoms with Gasteiger partial charge >= 0.3 is 0 Å². The van der Waals surface area contributed by atoms with Crippen molar-refractivity contribution in [1.29, 1.82) is 0 Å². The van der Waals surface area contributed by atoms with E-state index in [1.54, 1.807) is 18.4 Å². The minimum atomic E-state index is 0.501. The molecule has 0 spiro atoms. The molecule has 0 amide bonds. The maximum Gasteiger partial charge on any atom is 0.225 e. The zero-order valence-electron chi connectivity index (χ0n) is 16.0. The second kappa shape index (κ2) is 7.64. The lowest BCUT2D eigenvalue weighted by Crippen LogP contribution is -2.34. The van der Waals surface area contributed by atoms with Gasteiger partial charge in [-0.1, -0.05) is 12.1 Å². The number of hydrogen-bond acceptors (Lipinski definition) is 6. The fraction of sp³-hybridized carbons (Fsp3) is 0.381. The molecule has 0 atom stereocenters. The molecule has 0 radical (unpaired) electrons. The van der Waals surface area contributed by atoms with Crippen LogP contribution in [0.4, 0.5) is 5.95 Å². The molecule has 5 nitrogen and oxygen atoms in total. The maximum atomic E-state index is 5.48. The first-order valence-corrected chi connectivity index (χ1v) is 10.2. The van der Waals surface area contributed by atoms with E-state index >= 15 is 0 Å². The Balaban J connectivity index is 1.47. The van der Waals surface area contributed by atoms with Crippen molar-refractivity contribution >= 4 is 17.3 Å². The second-order valence-electron chi connectivity index (χ2n) is 6.98. The minimum Gasteiger partial charge on any atom is -0.496 e. The van der Waals surface area contributed by atoms with Crippen molar-refractivity contribution in [1.82, 2.24) is 15.0 Å². The van der Waals surface area contributed by atoms with Gasteiger partial charge in [0.15, 0.2) is 0 Å². The lowest BCUT2D eigenvalue weighted by atomic mass is 9.98. The van der Waals surface area contributed by atoms with Gasteiger partial charge in [0.1, 0.15) is 5.75 Å². The highest BCUT2D eigenvalue weighted by molar-refractivity contribution is 7.10. The van der Waals surface area contributed by atoms with E-state index in [-0.39, 0.29) is 0 Å². The van der Waals surface area contributed by atoms with Crippen LogP contribution in [0, 0.1) is 13.8 Å². The van der Waals surface area contributed by atoms with Gasteiger partial charge in [0.05, 0.1) is 17.8 Å². The molecule has 0 N–H and O–H groups in total. The molecule has 3 aromatic rings. The lowest BCUT2D eigenvalue weighted by Gasteiger charge is -2.31. The van der Waals surface area contributed by atoms with E-state index in [0.29, 0.717) is 5.92 Å². The topological polar surface area (TPSA) is 51.1 Å². The Morgan fingerprint density at radius 1 is 1.04 bits per heavy atom. The molecule has 1 aromatic carbocycles. The normalized spacial score (nSPS) is 15.1. The monoisotopic (exact) mass is 380 g/mol. The largest absolute Gasteiger partial charge is 0.496 e. The molecule has 140 valence electrons. The number of benzene rings is 1. The number of methoxy groups -OCH3 is 1. The van der Waals surface area contributed by atoms with E-state index in [1.807, 2.05) is 38.1 Å². The van der Waals surface area contributed by atoms with Crippen molar-refractivity contribution < 1.29 is 4.74 Å². The molecule has 2 aromatic heterocycles. The van der Waals surface area contributed by atoms with Crippen LogP contribution in [0.15, 0.2) is 35.7 Å². The summed E-state index contributed by atoms with van der Waals surface area (Å²) in [5, 5.41) is 3.36. The highest BCUT2D eigenvalue weighted by atomic mass is 32.1. The molecule has 0 aliphatic carbocycles. The van der Waals surface area contributed by atoms with E-state index in [2.05, 4.69) is 26.3 Å². The first kappa shape index (κ1) is 17.9. The number of piperidine rings is 1. The predicted molar refractivity (Wildman–Crippen MR) is 110 cm³/mol. The van der Waals surface area contributed by atoms with Crippen LogP contribution >= 0.6 is 11.3 Å². The van der Waals surface area contributed by atoms with Crippen molar-refractivity contribution in [3.63, 3.8) is 0 Å². The number of rotatable bonds is 4. The molecule has 6 heteroatoms. The van der Waals surface area contributed by atoms with Crippen molar-refractivity contribution in [2.24, 2.45) is 0 Å². The molecule has 1 aliphatic rings. The molecule has 4 rings (SSSR count). The van der Waals surface area contributed by atoms with Gasteiger partial charge in [-0.15, -0.1) is 11.3 Å². The van der Waals surface area contributed by atoms with Gasteiger partial charge in [-0.05, 0) is 44.9 Å². The molecule has 1 saturated heterocycles. The van der Waals surface area contributed by atoms with Crippen LogP contribution in [-0.2, 0) is 0 Å². The van der Waals surface area contributed by atoms with Crippen LogP contribution in [0.25, 0.3) is 11.3 Å². The number of hydrogen-bond donors (Lipinski definition) is 0. The SMILES string of the molecule is COc1ccccc1-c1csc(C2CCN(c3nc(C)cc(C)n3)CC2)n1. The Bertz CT molecular complexity index is 911. The smallest absolute Gasteiger partial charge is 0.225 e. The van der Waals surface area contributed by atoms with Crippen molar-refractivity contribution in [3.8, 4) is 17.0 Å². The van der Waals surface area contributed by atoms with Gasteiger partial charge < -0.3 is 9.64 Å². The van der Waals surface area contributed by atoms with Crippen LogP contribution in [0.1, 0.15) is 35.2 Å². The van der Waals surface area contributed by atoms with Crippen LogP contribution in [0.2, 0.25) is 0 Å². The zero-order chi connectivity index (χ0) is 18.8. The van der Waals surface area contributed by atoms with Gasteiger partial charge in [-0.25, -0.2) is 15.0 Å². The summed E-state index contributed by atoms with van der Waals surface area (Å²) in [7, 11) is 1.71. The Hall–Kier alpha value is -2.47. The molecule has 0 saturated carbocycles. The summed E-state index contributed by atoms with van der Waals surface area (Å²) in [6.45, 7) is 5.99. The standard InChI is InChI=1S/C21H24N4OS/c1-14-12-15(2)23-21(22-14)25-10-8-16(9-11-25)20-24-18(13-27-20)17-6-4-5-7-19(17)26-3/h4-7,12-13,16H,8-11H2,1-3H3. The Labute approximate surface area is 164 Å². The summed E-state index contributed by atoms with van der Waals surface area (Å²) < 4.78 is 5.48. The molecular weight excluding hydrogens is 356 g/mol. The third kappa shape index (κ3) is 3.81. The van der Waals surface area contributed by atoms with E-state index in [4.69, 9.17) is 9.72 Å². The number of aryl methyl sites for hydroxylation is 2. The van der Waals surface area contributed by atoms with Gasteiger partial charge in [0.2, 0.25) is 5.95 Å². The first-order valence-electron chi connectivity index (χ1n) is 9.30.